The van der Waals surface area contributed by atoms with Crippen LogP contribution in [0.5, 0.6) is 0 Å². The molecule has 19 heavy (non-hydrogen) atoms. The first-order chi connectivity index (χ1) is 8.88. The van der Waals surface area contributed by atoms with Gasteiger partial charge < -0.3 is 5.73 Å². The van der Waals surface area contributed by atoms with Crippen molar-refractivity contribution >= 4 is 5.69 Å². The third kappa shape index (κ3) is 3.37. The number of hydrogen-bond acceptors (Lipinski definition) is 2. The number of benzene rings is 1. The predicted molar refractivity (Wildman–Crippen MR) is 64.9 cm³/mol. The Bertz CT molecular complexity index is 445. The fourth-order valence-electron chi connectivity index (χ4n) is 2.43. The molecule has 1 aromatic rings. The maximum atomic E-state index is 13.7. The second-order valence-corrected chi connectivity index (χ2v) is 4.94. The highest BCUT2D eigenvalue weighted by Crippen LogP contribution is 2.33. The van der Waals surface area contributed by atoms with E-state index in [1.807, 2.05) is 0 Å². The predicted octanol–water partition coefficient (Wildman–Crippen LogP) is 3.18. The van der Waals surface area contributed by atoms with Crippen LogP contribution in [0.15, 0.2) is 18.2 Å². The van der Waals surface area contributed by atoms with E-state index in [0.717, 1.165) is 0 Å². The van der Waals surface area contributed by atoms with Crippen molar-refractivity contribution in [3.63, 3.8) is 0 Å². The Morgan fingerprint density at radius 1 is 1.32 bits per heavy atom. The van der Waals surface area contributed by atoms with E-state index in [0.29, 0.717) is 18.5 Å². The Morgan fingerprint density at radius 2 is 2.05 bits per heavy atom. The fourth-order valence-corrected chi connectivity index (χ4v) is 2.43. The topological polar surface area (TPSA) is 29.3 Å². The molecule has 1 saturated heterocycles. The van der Waals surface area contributed by atoms with Crippen LogP contribution < -0.4 is 5.73 Å². The molecule has 2 rings (SSSR count). The number of likely N-dealkylation sites (tertiary alicyclic amines) is 1. The normalized spacial score (nSPS) is 21.6. The second-order valence-electron chi connectivity index (χ2n) is 4.94. The van der Waals surface area contributed by atoms with Crippen LogP contribution in [0, 0.1) is 11.7 Å². The minimum Gasteiger partial charge on any atom is -0.396 e. The van der Waals surface area contributed by atoms with Crippen LogP contribution in [0.25, 0.3) is 0 Å². The van der Waals surface area contributed by atoms with Gasteiger partial charge in [0.2, 0.25) is 0 Å². The third-order valence-corrected chi connectivity index (χ3v) is 3.47. The second kappa shape index (κ2) is 5.36. The highest BCUT2D eigenvalue weighted by atomic mass is 19.4. The van der Waals surface area contributed by atoms with Crippen molar-refractivity contribution in [2.45, 2.75) is 25.6 Å². The lowest BCUT2D eigenvalue weighted by molar-refractivity contribution is -0.187. The fraction of sp³-hybridized carbons (Fsp3) is 0.538. The molecule has 1 fully saturated rings. The Hall–Kier alpha value is -1.30. The van der Waals surface area contributed by atoms with Crippen LogP contribution in [-0.4, -0.2) is 24.2 Å². The minimum absolute atomic E-state index is 0.0295. The third-order valence-electron chi connectivity index (χ3n) is 3.47. The molecule has 106 valence electrons. The first kappa shape index (κ1) is 14.1. The van der Waals surface area contributed by atoms with Crippen LogP contribution in [0.3, 0.4) is 0 Å². The van der Waals surface area contributed by atoms with Crippen molar-refractivity contribution in [3.8, 4) is 0 Å². The Balaban J connectivity index is 2.05. The Labute approximate surface area is 109 Å². The van der Waals surface area contributed by atoms with E-state index in [1.54, 1.807) is 17.0 Å². The molecular weight excluding hydrogens is 260 g/mol. The average molecular weight is 276 g/mol. The smallest absolute Gasteiger partial charge is 0.393 e. The molecule has 0 spiro atoms. The molecule has 2 N–H and O–H groups in total. The van der Waals surface area contributed by atoms with Gasteiger partial charge in [0.25, 0.3) is 0 Å². The summed E-state index contributed by atoms with van der Waals surface area (Å²) in [5, 5.41) is 0. The van der Waals surface area contributed by atoms with Crippen molar-refractivity contribution in [2.75, 3.05) is 18.8 Å². The van der Waals surface area contributed by atoms with Crippen LogP contribution in [0.4, 0.5) is 23.2 Å². The molecule has 0 radical (unpaired) electrons. The van der Waals surface area contributed by atoms with E-state index >= 15 is 0 Å². The summed E-state index contributed by atoms with van der Waals surface area (Å²) in [6.45, 7) is 0.655. The quantitative estimate of drug-likeness (QED) is 0.664. The number of nitrogens with two attached hydrogens (primary N) is 1. The summed E-state index contributed by atoms with van der Waals surface area (Å²) in [6, 6.07) is 4.61. The molecule has 1 heterocycles. The summed E-state index contributed by atoms with van der Waals surface area (Å²) in [7, 11) is 0. The number of hydrogen-bond donors (Lipinski definition) is 1. The van der Waals surface area contributed by atoms with E-state index in [9.17, 15) is 17.6 Å². The molecule has 0 amide bonds. The largest absolute Gasteiger partial charge is 0.396 e. The van der Waals surface area contributed by atoms with Gasteiger partial charge in [-0.25, -0.2) is 4.39 Å². The van der Waals surface area contributed by atoms with E-state index in [4.69, 9.17) is 5.73 Å². The van der Waals surface area contributed by atoms with Gasteiger partial charge in [-0.2, -0.15) is 13.2 Å². The van der Waals surface area contributed by atoms with Crippen LogP contribution in [0.2, 0.25) is 0 Å². The average Bonchev–Trinajstić information content (AvgIpc) is 2.34. The molecule has 0 aliphatic carbocycles. The Morgan fingerprint density at radius 3 is 2.74 bits per heavy atom. The van der Waals surface area contributed by atoms with E-state index in [-0.39, 0.29) is 25.2 Å². The van der Waals surface area contributed by atoms with Crippen molar-refractivity contribution in [2.24, 2.45) is 5.92 Å². The molecular formula is C13H16F4N2. The van der Waals surface area contributed by atoms with Gasteiger partial charge in [-0.05, 0) is 25.5 Å². The van der Waals surface area contributed by atoms with Gasteiger partial charge in [0, 0.05) is 18.7 Å². The lowest BCUT2D eigenvalue weighted by Crippen LogP contribution is -2.41. The molecule has 6 heteroatoms. The standard InChI is InChI=1S/C13H16F4N2/c14-12-9(3-1-5-11(12)18)7-19-6-2-4-10(8-19)13(15,16)17/h1,3,5,10H,2,4,6-8,18H2. The van der Waals surface area contributed by atoms with Gasteiger partial charge >= 0.3 is 6.18 Å². The number of nitrogen functional groups attached to an aromatic ring is 1. The summed E-state index contributed by atoms with van der Waals surface area (Å²) < 4.78 is 51.7. The number of halogens is 4. The number of rotatable bonds is 2. The summed E-state index contributed by atoms with van der Waals surface area (Å²) >= 11 is 0. The van der Waals surface area contributed by atoms with Gasteiger partial charge in [-0.3, -0.25) is 4.90 Å². The first-order valence-corrected chi connectivity index (χ1v) is 6.20. The molecule has 1 atom stereocenters. The van der Waals surface area contributed by atoms with Gasteiger partial charge in [-0.1, -0.05) is 12.1 Å². The summed E-state index contributed by atoms with van der Waals surface area (Å²) in [6.07, 6.45) is -3.54. The first-order valence-electron chi connectivity index (χ1n) is 6.20. The van der Waals surface area contributed by atoms with Crippen molar-refractivity contribution in [3.05, 3.63) is 29.6 Å². The molecule has 0 bridgehead atoms. The maximum absolute atomic E-state index is 13.7. The summed E-state index contributed by atoms with van der Waals surface area (Å²) in [4.78, 5) is 1.64. The molecule has 1 aromatic carbocycles. The molecule has 1 aliphatic rings. The van der Waals surface area contributed by atoms with E-state index in [1.165, 1.54) is 6.07 Å². The van der Waals surface area contributed by atoms with E-state index in [2.05, 4.69) is 0 Å². The monoisotopic (exact) mass is 276 g/mol. The zero-order valence-corrected chi connectivity index (χ0v) is 10.4. The number of anilines is 1. The molecule has 0 saturated carbocycles. The zero-order valence-electron chi connectivity index (χ0n) is 10.4. The number of piperidine rings is 1. The number of alkyl halides is 3. The molecule has 1 aliphatic heterocycles. The lowest BCUT2D eigenvalue weighted by atomic mass is 9.97. The molecule has 2 nitrogen and oxygen atoms in total. The van der Waals surface area contributed by atoms with Crippen molar-refractivity contribution in [1.29, 1.82) is 0 Å². The van der Waals surface area contributed by atoms with Crippen LogP contribution in [-0.2, 0) is 6.54 Å². The molecule has 1 unspecified atom stereocenters. The number of nitrogens with zero attached hydrogens (tertiary/aromatic N) is 1. The van der Waals surface area contributed by atoms with E-state index < -0.39 is 17.9 Å². The highest BCUT2D eigenvalue weighted by molar-refractivity contribution is 5.42. The van der Waals surface area contributed by atoms with Gasteiger partial charge in [0.05, 0.1) is 11.6 Å². The van der Waals surface area contributed by atoms with Crippen LogP contribution in [0.1, 0.15) is 18.4 Å². The van der Waals surface area contributed by atoms with Crippen molar-refractivity contribution in [1.82, 2.24) is 4.90 Å². The Kier molecular flexibility index (Phi) is 3.99. The van der Waals surface area contributed by atoms with Crippen molar-refractivity contribution < 1.29 is 17.6 Å². The maximum Gasteiger partial charge on any atom is 0.393 e. The minimum atomic E-state index is -4.17. The van der Waals surface area contributed by atoms with Gasteiger partial charge in [-0.15, -0.1) is 0 Å². The summed E-state index contributed by atoms with van der Waals surface area (Å²) in [5.74, 6) is -1.85. The highest BCUT2D eigenvalue weighted by Gasteiger charge is 2.41. The zero-order chi connectivity index (χ0) is 14.0. The van der Waals surface area contributed by atoms with Gasteiger partial charge in [0.15, 0.2) is 5.82 Å². The van der Waals surface area contributed by atoms with Crippen LogP contribution >= 0.6 is 0 Å². The molecule has 0 aromatic heterocycles. The van der Waals surface area contributed by atoms with Gasteiger partial charge in [0.1, 0.15) is 0 Å². The SMILES string of the molecule is Nc1cccc(CN2CCCC(C(F)(F)F)C2)c1F. The lowest BCUT2D eigenvalue weighted by Gasteiger charge is -2.33. The summed E-state index contributed by atoms with van der Waals surface area (Å²) in [5.41, 5.74) is 5.83.